The summed E-state index contributed by atoms with van der Waals surface area (Å²) >= 11 is 0. The minimum Gasteiger partial charge on any atom is -0.334 e. The van der Waals surface area contributed by atoms with Crippen LogP contribution < -0.4 is 5.32 Å². The summed E-state index contributed by atoms with van der Waals surface area (Å²) in [7, 11) is 0. The van der Waals surface area contributed by atoms with Gasteiger partial charge in [0.25, 0.3) is 0 Å². The molecule has 1 N–H and O–H groups in total. The molecule has 0 aliphatic heterocycles. The molecule has 132 valence electrons. The van der Waals surface area contributed by atoms with E-state index in [1.165, 1.54) is 0 Å². The van der Waals surface area contributed by atoms with E-state index < -0.39 is 11.6 Å². The number of rotatable bonds is 6. The maximum atomic E-state index is 13.7. The Hall–Kier alpha value is -2.43. The first-order valence-corrected chi connectivity index (χ1v) is 8.58. The molecule has 0 radical (unpaired) electrons. The van der Waals surface area contributed by atoms with Gasteiger partial charge in [-0.15, -0.1) is 0 Å². The number of nitrogens with one attached hydrogen (secondary N) is 1. The SMILES string of the molecule is CC(c1ccccc1)N(CC1CC1)C(=O)NCc1cc(F)ccc1F. The zero-order valence-electron chi connectivity index (χ0n) is 14.2. The highest BCUT2D eigenvalue weighted by Crippen LogP contribution is 2.32. The van der Waals surface area contributed by atoms with E-state index in [1.807, 2.05) is 37.3 Å². The largest absolute Gasteiger partial charge is 0.334 e. The number of carbonyl (C=O) groups excluding carboxylic acids is 1. The fourth-order valence-corrected chi connectivity index (χ4v) is 2.86. The normalized spacial score (nSPS) is 14.8. The maximum Gasteiger partial charge on any atom is 0.318 e. The van der Waals surface area contributed by atoms with Crippen molar-refractivity contribution in [1.29, 1.82) is 0 Å². The summed E-state index contributed by atoms with van der Waals surface area (Å²) in [6, 6.07) is 12.7. The van der Waals surface area contributed by atoms with Crippen molar-refractivity contribution in [1.82, 2.24) is 10.2 Å². The summed E-state index contributed by atoms with van der Waals surface area (Å²) in [5.74, 6) is -0.507. The van der Waals surface area contributed by atoms with Crippen LogP contribution in [0.3, 0.4) is 0 Å². The molecule has 3 nitrogen and oxygen atoms in total. The van der Waals surface area contributed by atoms with Crippen LogP contribution in [0.4, 0.5) is 13.6 Å². The van der Waals surface area contributed by atoms with E-state index in [9.17, 15) is 13.6 Å². The molecule has 5 heteroatoms. The average molecular weight is 344 g/mol. The van der Waals surface area contributed by atoms with Gasteiger partial charge in [-0.2, -0.15) is 0 Å². The van der Waals surface area contributed by atoms with Crippen LogP contribution >= 0.6 is 0 Å². The molecule has 0 spiro atoms. The van der Waals surface area contributed by atoms with Crippen molar-refractivity contribution in [2.75, 3.05) is 6.54 Å². The van der Waals surface area contributed by atoms with Crippen LogP contribution in [0.15, 0.2) is 48.5 Å². The average Bonchev–Trinajstić information content (AvgIpc) is 3.44. The highest BCUT2D eigenvalue weighted by molar-refractivity contribution is 5.74. The van der Waals surface area contributed by atoms with Gasteiger partial charge >= 0.3 is 6.03 Å². The van der Waals surface area contributed by atoms with Crippen LogP contribution in [0.5, 0.6) is 0 Å². The van der Waals surface area contributed by atoms with Crippen LogP contribution in [0.2, 0.25) is 0 Å². The molecule has 25 heavy (non-hydrogen) atoms. The van der Waals surface area contributed by atoms with Crippen molar-refractivity contribution in [2.24, 2.45) is 5.92 Å². The maximum absolute atomic E-state index is 13.7. The molecule has 2 amide bonds. The van der Waals surface area contributed by atoms with Crippen molar-refractivity contribution in [3.05, 3.63) is 71.3 Å². The van der Waals surface area contributed by atoms with Gasteiger partial charge in [0.15, 0.2) is 0 Å². The molecule has 2 aromatic rings. The fourth-order valence-electron chi connectivity index (χ4n) is 2.86. The monoisotopic (exact) mass is 344 g/mol. The van der Waals surface area contributed by atoms with E-state index in [-0.39, 0.29) is 24.2 Å². The summed E-state index contributed by atoms with van der Waals surface area (Å²) in [6.45, 7) is 2.62. The molecule has 1 unspecified atom stereocenters. The zero-order chi connectivity index (χ0) is 17.8. The molecule has 1 atom stereocenters. The van der Waals surface area contributed by atoms with Gasteiger partial charge in [0.05, 0.1) is 6.04 Å². The molecule has 0 heterocycles. The van der Waals surface area contributed by atoms with Gasteiger partial charge in [-0.25, -0.2) is 13.6 Å². The number of hydrogen-bond acceptors (Lipinski definition) is 1. The van der Waals surface area contributed by atoms with Gasteiger partial charge in [0.1, 0.15) is 11.6 Å². The van der Waals surface area contributed by atoms with Crippen LogP contribution in [0, 0.1) is 17.6 Å². The molecule has 3 rings (SSSR count). The minimum atomic E-state index is -0.522. The topological polar surface area (TPSA) is 32.3 Å². The zero-order valence-corrected chi connectivity index (χ0v) is 14.2. The summed E-state index contributed by atoms with van der Waals surface area (Å²) in [6.07, 6.45) is 2.26. The lowest BCUT2D eigenvalue weighted by molar-refractivity contribution is 0.175. The molecule has 1 aliphatic rings. The van der Waals surface area contributed by atoms with E-state index in [0.29, 0.717) is 12.5 Å². The molecule has 2 aromatic carbocycles. The lowest BCUT2D eigenvalue weighted by Crippen LogP contribution is -2.42. The first kappa shape index (κ1) is 17.4. The Labute approximate surface area is 146 Å². The number of halogens is 2. The number of benzene rings is 2. The third-order valence-electron chi connectivity index (χ3n) is 4.60. The molecule has 1 fully saturated rings. The molecule has 0 saturated heterocycles. The second-order valence-electron chi connectivity index (χ2n) is 6.58. The van der Waals surface area contributed by atoms with Crippen LogP contribution in [-0.4, -0.2) is 17.5 Å². The molecule has 0 bridgehead atoms. The second kappa shape index (κ2) is 7.64. The van der Waals surface area contributed by atoms with Gasteiger partial charge in [0.2, 0.25) is 0 Å². The molecule has 0 aromatic heterocycles. The van der Waals surface area contributed by atoms with E-state index in [2.05, 4.69) is 5.32 Å². The number of urea groups is 1. The van der Waals surface area contributed by atoms with Gasteiger partial charge in [-0.05, 0) is 49.4 Å². The van der Waals surface area contributed by atoms with Gasteiger partial charge < -0.3 is 10.2 Å². The summed E-state index contributed by atoms with van der Waals surface area (Å²) in [4.78, 5) is 14.5. The Kier molecular flexibility index (Phi) is 5.31. The quantitative estimate of drug-likeness (QED) is 0.813. The van der Waals surface area contributed by atoms with E-state index in [1.54, 1.807) is 4.90 Å². The van der Waals surface area contributed by atoms with Crippen molar-refractivity contribution in [2.45, 2.75) is 32.4 Å². The Morgan fingerprint density at radius 2 is 1.92 bits per heavy atom. The highest BCUT2D eigenvalue weighted by Gasteiger charge is 2.30. The van der Waals surface area contributed by atoms with E-state index in [0.717, 1.165) is 36.6 Å². The van der Waals surface area contributed by atoms with Gasteiger partial charge in [-0.3, -0.25) is 0 Å². The lowest BCUT2D eigenvalue weighted by atomic mass is 10.1. The Balaban J connectivity index is 1.69. The summed E-state index contributed by atoms with van der Waals surface area (Å²) in [5.41, 5.74) is 1.20. The number of amides is 2. The highest BCUT2D eigenvalue weighted by atomic mass is 19.1. The van der Waals surface area contributed by atoms with Gasteiger partial charge in [0, 0.05) is 18.7 Å². The van der Waals surface area contributed by atoms with Crippen molar-refractivity contribution >= 4 is 6.03 Å². The third kappa shape index (κ3) is 4.56. The fraction of sp³-hybridized carbons (Fsp3) is 0.350. The van der Waals surface area contributed by atoms with Gasteiger partial charge in [-0.1, -0.05) is 30.3 Å². The van der Waals surface area contributed by atoms with Crippen LogP contribution in [0.1, 0.15) is 36.9 Å². The first-order chi connectivity index (χ1) is 12.0. The third-order valence-corrected chi connectivity index (χ3v) is 4.60. The molecular weight excluding hydrogens is 322 g/mol. The lowest BCUT2D eigenvalue weighted by Gasteiger charge is -2.30. The van der Waals surface area contributed by atoms with Crippen LogP contribution in [-0.2, 0) is 6.54 Å². The molecular formula is C20H22F2N2O. The first-order valence-electron chi connectivity index (χ1n) is 8.58. The minimum absolute atomic E-state index is 0.0366. The number of carbonyl (C=O) groups is 1. The predicted molar refractivity (Wildman–Crippen MR) is 92.9 cm³/mol. The number of hydrogen-bond donors (Lipinski definition) is 1. The predicted octanol–water partition coefficient (Wildman–Crippen LogP) is 4.65. The standard InChI is InChI=1S/C20H22F2N2O/c1-14(16-5-3-2-4-6-16)24(13-15-7-8-15)20(25)23-12-17-11-18(21)9-10-19(17)22/h2-6,9-11,14-15H,7-8,12-13H2,1H3,(H,23,25). The summed E-state index contributed by atoms with van der Waals surface area (Å²) < 4.78 is 27.0. The smallest absolute Gasteiger partial charge is 0.318 e. The Morgan fingerprint density at radius 3 is 2.60 bits per heavy atom. The molecule has 1 saturated carbocycles. The Bertz CT molecular complexity index is 732. The van der Waals surface area contributed by atoms with Crippen LogP contribution in [0.25, 0.3) is 0 Å². The Morgan fingerprint density at radius 1 is 1.20 bits per heavy atom. The summed E-state index contributed by atoms with van der Waals surface area (Å²) in [5, 5.41) is 2.73. The van der Waals surface area contributed by atoms with Crippen molar-refractivity contribution in [3.63, 3.8) is 0 Å². The van der Waals surface area contributed by atoms with Crippen molar-refractivity contribution in [3.8, 4) is 0 Å². The molecule has 1 aliphatic carbocycles. The van der Waals surface area contributed by atoms with E-state index >= 15 is 0 Å². The second-order valence-corrected chi connectivity index (χ2v) is 6.58. The van der Waals surface area contributed by atoms with E-state index in [4.69, 9.17) is 0 Å². The van der Waals surface area contributed by atoms with Crippen molar-refractivity contribution < 1.29 is 13.6 Å². The number of nitrogens with zero attached hydrogens (tertiary/aromatic N) is 1.